The van der Waals surface area contributed by atoms with Crippen LogP contribution >= 0.6 is 0 Å². The Balaban J connectivity index is 2.30. The van der Waals surface area contributed by atoms with Crippen LogP contribution in [0.4, 0.5) is 4.79 Å². The summed E-state index contributed by atoms with van der Waals surface area (Å²) in [5, 5.41) is 9.69. The van der Waals surface area contributed by atoms with Gasteiger partial charge in [-0.15, -0.1) is 0 Å². The molecule has 0 aliphatic carbocycles. The van der Waals surface area contributed by atoms with E-state index >= 15 is 0 Å². The molecule has 17 heavy (non-hydrogen) atoms. The van der Waals surface area contributed by atoms with Gasteiger partial charge in [-0.1, -0.05) is 18.2 Å². The maximum Gasteiger partial charge on any atom is 0.417 e. The van der Waals surface area contributed by atoms with Gasteiger partial charge in [0.1, 0.15) is 5.75 Å². The third-order valence-electron chi connectivity index (χ3n) is 2.39. The minimum atomic E-state index is -0.422. The summed E-state index contributed by atoms with van der Waals surface area (Å²) in [6.07, 6.45) is 2.82. The van der Waals surface area contributed by atoms with E-state index in [0.29, 0.717) is 12.2 Å². The van der Waals surface area contributed by atoms with Gasteiger partial charge in [0.15, 0.2) is 0 Å². The van der Waals surface area contributed by atoms with Crippen LogP contribution in [-0.2, 0) is 4.74 Å². The summed E-state index contributed by atoms with van der Waals surface area (Å²) in [6, 6.07) is 8.74. The normalized spacial score (nSPS) is 10.2. The lowest BCUT2D eigenvalue weighted by Crippen LogP contribution is -2.10. The van der Waals surface area contributed by atoms with Gasteiger partial charge in [-0.25, -0.2) is 4.79 Å². The average molecular weight is 231 g/mol. The van der Waals surface area contributed by atoms with E-state index in [2.05, 4.69) is 0 Å². The van der Waals surface area contributed by atoms with Crippen LogP contribution in [0.2, 0.25) is 0 Å². The molecule has 0 aliphatic rings. The van der Waals surface area contributed by atoms with Crippen LogP contribution in [0.3, 0.4) is 0 Å². The van der Waals surface area contributed by atoms with E-state index in [1.807, 2.05) is 6.07 Å². The van der Waals surface area contributed by atoms with Crippen molar-refractivity contribution >= 4 is 6.09 Å². The van der Waals surface area contributed by atoms with E-state index in [9.17, 15) is 9.90 Å². The zero-order valence-electron chi connectivity index (χ0n) is 9.46. The number of carbonyl (C=O) groups excluding carboxylic acids is 1. The predicted octanol–water partition coefficient (Wildman–Crippen LogP) is 2.87. The van der Waals surface area contributed by atoms with Gasteiger partial charge in [0.2, 0.25) is 0 Å². The summed E-state index contributed by atoms with van der Waals surface area (Å²) in [5.74, 6) is 0.189. The SMILES string of the molecule is CCOC(=O)n1ccc(-c2ccccc2O)c1. The average Bonchev–Trinajstić information content (AvgIpc) is 2.79. The molecule has 0 bridgehead atoms. The van der Waals surface area contributed by atoms with E-state index in [1.165, 1.54) is 4.57 Å². The topological polar surface area (TPSA) is 51.5 Å². The molecule has 1 N–H and O–H groups in total. The van der Waals surface area contributed by atoms with Gasteiger partial charge in [-0.3, -0.25) is 4.57 Å². The molecule has 0 saturated carbocycles. The molecule has 0 spiro atoms. The fraction of sp³-hybridized carbons (Fsp3) is 0.154. The molecule has 2 aromatic rings. The van der Waals surface area contributed by atoms with Crippen molar-refractivity contribution < 1.29 is 14.6 Å². The summed E-state index contributed by atoms with van der Waals surface area (Å²) >= 11 is 0. The number of phenols is 1. The first-order valence-corrected chi connectivity index (χ1v) is 5.36. The monoisotopic (exact) mass is 231 g/mol. The van der Waals surface area contributed by atoms with Gasteiger partial charge < -0.3 is 9.84 Å². The Morgan fingerprint density at radius 1 is 1.35 bits per heavy atom. The predicted molar refractivity (Wildman–Crippen MR) is 64.0 cm³/mol. The van der Waals surface area contributed by atoms with Crippen LogP contribution < -0.4 is 0 Å². The molecule has 0 aliphatic heterocycles. The Labute approximate surface area is 99.1 Å². The lowest BCUT2D eigenvalue weighted by atomic mass is 10.1. The van der Waals surface area contributed by atoms with Crippen molar-refractivity contribution in [2.45, 2.75) is 6.92 Å². The second-order valence-electron chi connectivity index (χ2n) is 3.52. The number of rotatable bonds is 2. The quantitative estimate of drug-likeness (QED) is 0.864. The third-order valence-corrected chi connectivity index (χ3v) is 2.39. The second-order valence-corrected chi connectivity index (χ2v) is 3.52. The Hall–Kier alpha value is -2.23. The van der Waals surface area contributed by atoms with Crippen LogP contribution in [0.5, 0.6) is 5.75 Å². The zero-order chi connectivity index (χ0) is 12.3. The van der Waals surface area contributed by atoms with Crippen molar-refractivity contribution in [3.8, 4) is 16.9 Å². The molecule has 0 amide bonds. The van der Waals surface area contributed by atoms with Crippen molar-refractivity contribution in [2.75, 3.05) is 6.61 Å². The highest BCUT2D eigenvalue weighted by atomic mass is 16.5. The third kappa shape index (κ3) is 2.30. The Morgan fingerprint density at radius 3 is 2.82 bits per heavy atom. The number of carbonyl (C=O) groups is 1. The Kier molecular flexibility index (Phi) is 3.14. The van der Waals surface area contributed by atoms with Crippen molar-refractivity contribution in [1.29, 1.82) is 0 Å². The molecule has 4 nitrogen and oxygen atoms in total. The van der Waals surface area contributed by atoms with E-state index in [-0.39, 0.29) is 5.75 Å². The summed E-state index contributed by atoms with van der Waals surface area (Å²) < 4.78 is 6.22. The van der Waals surface area contributed by atoms with Crippen LogP contribution in [0.25, 0.3) is 11.1 Å². The Morgan fingerprint density at radius 2 is 2.12 bits per heavy atom. The maximum absolute atomic E-state index is 11.5. The van der Waals surface area contributed by atoms with Crippen molar-refractivity contribution in [1.82, 2.24) is 4.57 Å². The fourth-order valence-corrected chi connectivity index (χ4v) is 1.59. The molecule has 0 fully saturated rings. The lowest BCUT2D eigenvalue weighted by molar-refractivity contribution is 0.154. The van der Waals surface area contributed by atoms with E-state index in [1.54, 1.807) is 43.6 Å². The molecule has 1 aromatic heterocycles. The molecule has 1 aromatic carbocycles. The van der Waals surface area contributed by atoms with E-state index in [0.717, 1.165) is 5.56 Å². The summed E-state index contributed by atoms with van der Waals surface area (Å²) in [6.45, 7) is 2.09. The number of para-hydroxylation sites is 1. The number of nitrogens with zero attached hydrogens (tertiary/aromatic N) is 1. The number of benzene rings is 1. The van der Waals surface area contributed by atoms with E-state index < -0.39 is 6.09 Å². The molecular weight excluding hydrogens is 218 g/mol. The van der Waals surface area contributed by atoms with Crippen LogP contribution in [0.1, 0.15) is 6.92 Å². The van der Waals surface area contributed by atoms with Crippen LogP contribution in [-0.4, -0.2) is 22.4 Å². The molecule has 1 heterocycles. The highest BCUT2D eigenvalue weighted by Gasteiger charge is 2.09. The zero-order valence-corrected chi connectivity index (χ0v) is 9.46. The molecule has 0 radical (unpaired) electrons. The van der Waals surface area contributed by atoms with Gasteiger partial charge in [0.25, 0.3) is 0 Å². The van der Waals surface area contributed by atoms with Crippen LogP contribution in [0, 0.1) is 0 Å². The molecule has 4 heteroatoms. The van der Waals surface area contributed by atoms with Crippen molar-refractivity contribution in [2.24, 2.45) is 0 Å². The van der Waals surface area contributed by atoms with Crippen molar-refractivity contribution in [3.05, 3.63) is 42.7 Å². The molecular formula is C13H13NO3. The molecule has 88 valence electrons. The maximum atomic E-state index is 11.5. The smallest absolute Gasteiger partial charge is 0.417 e. The first-order valence-electron chi connectivity index (χ1n) is 5.36. The highest BCUT2D eigenvalue weighted by Crippen LogP contribution is 2.28. The standard InChI is InChI=1S/C13H13NO3/c1-2-17-13(16)14-8-7-10(9-14)11-5-3-4-6-12(11)15/h3-9,15H,2H2,1H3. The Bertz CT molecular complexity index is 531. The largest absolute Gasteiger partial charge is 0.507 e. The summed E-state index contributed by atoms with van der Waals surface area (Å²) in [5.41, 5.74) is 1.46. The van der Waals surface area contributed by atoms with Gasteiger partial charge in [0.05, 0.1) is 6.61 Å². The number of phenolic OH excluding ortho intramolecular Hbond substituents is 1. The highest BCUT2D eigenvalue weighted by molar-refractivity contribution is 5.76. The minimum Gasteiger partial charge on any atom is -0.507 e. The first-order chi connectivity index (χ1) is 8.22. The van der Waals surface area contributed by atoms with Gasteiger partial charge in [0, 0.05) is 23.5 Å². The number of ether oxygens (including phenoxy) is 1. The number of aromatic hydroxyl groups is 1. The summed E-state index contributed by atoms with van der Waals surface area (Å²) in [7, 11) is 0. The second kappa shape index (κ2) is 4.74. The summed E-state index contributed by atoms with van der Waals surface area (Å²) in [4.78, 5) is 11.5. The lowest BCUT2D eigenvalue weighted by Gasteiger charge is -2.02. The van der Waals surface area contributed by atoms with E-state index in [4.69, 9.17) is 4.74 Å². The van der Waals surface area contributed by atoms with Crippen LogP contribution in [0.15, 0.2) is 42.7 Å². The molecule has 2 rings (SSSR count). The fourth-order valence-electron chi connectivity index (χ4n) is 1.59. The molecule has 0 saturated heterocycles. The number of hydrogen-bond acceptors (Lipinski definition) is 3. The molecule has 0 unspecified atom stereocenters. The molecule has 0 atom stereocenters. The number of aromatic nitrogens is 1. The first kappa shape index (κ1) is 11.3. The van der Waals surface area contributed by atoms with Gasteiger partial charge >= 0.3 is 6.09 Å². The van der Waals surface area contributed by atoms with Crippen molar-refractivity contribution in [3.63, 3.8) is 0 Å². The number of hydrogen-bond donors (Lipinski definition) is 1. The van der Waals surface area contributed by atoms with Gasteiger partial charge in [-0.2, -0.15) is 0 Å². The van der Waals surface area contributed by atoms with Gasteiger partial charge in [-0.05, 0) is 19.1 Å². The minimum absolute atomic E-state index is 0.189.